The molecule has 0 fully saturated rings. The Balaban J connectivity index is 1.63. The lowest BCUT2D eigenvalue weighted by atomic mass is 9.99. The van der Waals surface area contributed by atoms with Gasteiger partial charge in [0.25, 0.3) is 0 Å². The van der Waals surface area contributed by atoms with Crippen molar-refractivity contribution in [1.29, 1.82) is 0 Å². The van der Waals surface area contributed by atoms with Crippen molar-refractivity contribution < 1.29 is 9.18 Å². The average molecular weight is 374 g/mol. The molecule has 0 aliphatic carbocycles. The number of benzene rings is 2. The van der Waals surface area contributed by atoms with E-state index >= 15 is 0 Å². The van der Waals surface area contributed by atoms with Gasteiger partial charge < -0.3 is 4.90 Å². The van der Waals surface area contributed by atoms with Crippen LogP contribution in [0.5, 0.6) is 0 Å². The van der Waals surface area contributed by atoms with Crippen molar-refractivity contribution in [3.05, 3.63) is 73.1 Å². The first-order chi connectivity index (χ1) is 13.5. The Morgan fingerprint density at radius 2 is 1.71 bits per heavy atom. The Hall–Kier alpha value is -3.54. The van der Waals surface area contributed by atoms with Crippen molar-refractivity contribution in [1.82, 2.24) is 19.7 Å². The minimum absolute atomic E-state index is 0.0133. The van der Waals surface area contributed by atoms with Crippen molar-refractivity contribution in [3.63, 3.8) is 0 Å². The molecule has 140 valence electrons. The Kier molecular flexibility index (Phi) is 4.61. The predicted octanol–water partition coefficient (Wildman–Crippen LogP) is 3.99. The first-order valence-corrected chi connectivity index (χ1v) is 8.88. The molecule has 0 aliphatic heterocycles. The van der Waals surface area contributed by atoms with Crippen LogP contribution in [0.15, 0.2) is 67.3 Å². The molecule has 0 unspecified atom stereocenters. The van der Waals surface area contributed by atoms with E-state index in [9.17, 15) is 9.18 Å². The van der Waals surface area contributed by atoms with Crippen molar-refractivity contribution in [3.8, 4) is 22.3 Å². The summed E-state index contributed by atoms with van der Waals surface area (Å²) in [5, 5.41) is 5.61. The summed E-state index contributed by atoms with van der Waals surface area (Å²) in [6.07, 6.45) is 6.89. The fourth-order valence-electron chi connectivity index (χ4n) is 3.11. The van der Waals surface area contributed by atoms with E-state index in [0.29, 0.717) is 5.39 Å². The Morgan fingerprint density at radius 3 is 2.46 bits per heavy atom. The maximum atomic E-state index is 14.0. The lowest BCUT2D eigenvalue weighted by molar-refractivity contribution is -0.129. The summed E-state index contributed by atoms with van der Waals surface area (Å²) >= 11 is 0. The first kappa shape index (κ1) is 17.9. The summed E-state index contributed by atoms with van der Waals surface area (Å²) in [5.41, 5.74) is 3.77. The number of aromatic nitrogens is 3. The van der Waals surface area contributed by atoms with Gasteiger partial charge in [0, 0.05) is 49.2 Å². The third kappa shape index (κ3) is 3.36. The average Bonchev–Trinajstić information content (AvgIpc) is 3.16. The highest BCUT2D eigenvalue weighted by Gasteiger charge is 2.10. The SMILES string of the molecule is CN(C)C(=O)Cn1cc(-c2ccc(-c3cncc4c(F)cccc34)cc2)cn1. The number of nitrogens with zero attached hydrogens (tertiary/aromatic N) is 4. The zero-order chi connectivity index (χ0) is 19.7. The molecule has 0 saturated carbocycles. The minimum Gasteiger partial charge on any atom is -0.347 e. The number of carbonyl (C=O) groups excluding carboxylic acids is 1. The topological polar surface area (TPSA) is 51.0 Å². The molecule has 0 aliphatic rings. The number of hydrogen-bond acceptors (Lipinski definition) is 3. The van der Waals surface area contributed by atoms with Gasteiger partial charge in [0.1, 0.15) is 12.4 Å². The van der Waals surface area contributed by atoms with E-state index < -0.39 is 0 Å². The van der Waals surface area contributed by atoms with Crippen LogP contribution in [-0.4, -0.2) is 39.7 Å². The summed E-state index contributed by atoms with van der Waals surface area (Å²) in [6, 6.07) is 13.0. The van der Waals surface area contributed by atoms with Gasteiger partial charge in [0.2, 0.25) is 5.91 Å². The molecule has 0 saturated heterocycles. The number of hydrogen-bond donors (Lipinski definition) is 0. The molecule has 4 aromatic rings. The number of likely N-dealkylation sites (N-methyl/N-ethyl adjacent to an activating group) is 1. The number of carbonyl (C=O) groups is 1. The van der Waals surface area contributed by atoms with Gasteiger partial charge in [-0.05, 0) is 22.6 Å². The molecule has 0 N–H and O–H groups in total. The zero-order valence-corrected chi connectivity index (χ0v) is 15.6. The van der Waals surface area contributed by atoms with Gasteiger partial charge in [-0.25, -0.2) is 4.39 Å². The third-order valence-corrected chi connectivity index (χ3v) is 4.71. The summed E-state index contributed by atoms with van der Waals surface area (Å²) in [6.45, 7) is 0.207. The van der Waals surface area contributed by atoms with Crippen LogP contribution < -0.4 is 0 Å². The first-order valence-electron chi connectivity index (χ1n) is 8.88. The fourth-order valence-corrected chi connectivity index (χ4v) is 3.11. The predicted molar refractivity (Wildman–Crippen MR) is 107 cm³/mol. The molecule has 28 heavy (non-hydrogen) atoms. The number of pyridine rings is 1. The van der Waals surface area contributed by atoms with Crippen molar-refractivity contribution in [2.24, 2.45) is 0 Å². The van der Waals surface area contributed by atoms with E-state index in [1.54, 1.807) is 43.4 Å². The second kappa shape index (κ2) is 7.23. The maximum Gasteiger partial charge on any atom is 0.243 e. The quantitative estimate of drug-likeness (QED) is 0.543. The molecule has 0 radical (unpaired) electrons. The third-order valence-electron chi connectivity index (χ3n) is 4.71. The molecule has 0 spiro atoms. The molecule has 0 bridgehead atoms. The van der Waals surface area contributed by atoms with Crippen LogP contribution in [-0.2, 0) is 11.3 Å². The van der Waals surface area contributed by atoms with Crippen molar-refractivity contribution in [2.75, 3.05) is 14.1 Å². The van der Waals surface area contributed by atoms with E-state index in [4.69, 9.17) is 0 Å². The standard InChI is InChI=1S/C22H19FN4O/c1-26(2)22(28)14-27-13-17(10-25-27)15-6-8-16(9-7-15)19-11-24-12-20-18(19)4-3-5-21(20)23/h3-13H,14H2,1-2H3. The van der Waals surface area contributed by atoms with E-state index in [0.717, 1.165) is 27.6 Å². The van der Waals surface area contributed by atoms with Crippen LogP contribution in [0, 0.1) is 5.82 Å². The highest BCUT2D eigenvalue weighted by molar-refractivity contribution is 5.96. The normalized spacial score (nSPS) is 11.0. The highest BCUT2D eigenvalue weighted by Crippen LogP contribution is 2.30. The van der Waals surface area contributed by atoms with Crippen LogP contribution >= 0.6 is 0 Å². The lowest BCUT2D eigenvalue weighted by Crippen LogP contribution is -2.26. The molecule has 4 rings (SSSR count). The molecular formula is C22H19FN4O. The molecular weight excluding hydrogens is 355 g/mol. The fraction of sp³-hybridized carbons (Fsp3) is 0.136. The molecule has 5 nitrogen and oxygen atoms in total. The number of halogens is 1. The van der Waals surface area contributed by atoms with Crippen LogP contribution in [0.1, 0.15) is 0 Å². The van der Waals surface area contributed by atoms with Gasteiger partial charge in [0.05, 0.1) is 6.20 Å². The van der Waals surface area contributed by atoms with Crippen molar-refractivity contribution >= 4 is 16.7 Å². The molecule has 6 heteroatoms. The molecule has 2 aromatic heterocycles. The molecule has 0 atom stereocenters. The van der Waals surface area contributed by atoms with E-state index in [2.05, 4.69) is 10.1 Å². The van der Waals surface area contributed by atoms with E-state index in [1.165, 1.54) is 11.0 Å². The smallest absolute Gasteiger partial charge is 0.243 e. The summed E-state index contributed by atoms with van der Waals surface area (Å²) in [7, 11) is 3.44. The van der Waals surface area contributed by atoms with Crippen molar-refractivity contribution in [2.45, 2.75) is 6.54 Å². The lowest BCUT2D eigenvalue weighted by Gasteiger charge is -2.09. The van der Waals surface area contributed by atoms with Crippen LogP contribution in [0.25, 0.3) is 33.0 Å². The Labute approximate surface area is 162 Å². The number of fused-ring (bicyclic) bond motifs is 1. The largest absolute Gasteiger partial charge is 0.347 e. The monoisotopic (exact) mass is 374 g/mol. The number of amides is 1. The summed E-state index contributed by atoms with van der Waals surface area (Å²) in [4.78, 5) is 17.5. The number of rotatable bonds is 4. The summed E-state index contributed by atoms with van der Waals surface area (Å²) in [5.74, 6) is -0.288. The minimum atomic E-state index is -0.275. The van der Waals surface area contributed by atoms with Gasteiger partial charge in [-0.15, -0.1) is 0 Å². The second-order valence-corrected chi connectivity index (χ2v) is 6.81. The van der Waals surface area contributed by atoms with Gasteiger partial charge >= 0.3 is 0 Å². The molecule has 1 amide bonds. The molecule has 2 heterocycles. The Bertz CT molecular complexity index is 1150. The van der Waals surface area contributed by atoms with E-state index in [-0.39, 0.29) is 18.3 Å². The van der Waals surface area contributed by atoms with Gasteiger partial charge in [-0.2, -0.15) is 5.10 Å². The maximum absolute atomic E-state index is 14.0. The van der Waals surface area contributed by atoms with Crippen LogP contribution in [0.3, 0.4) is 0 Å². The van der Waals surface area contributed by atoms with E-state index in [1.807, 2.05) is 36.5 Å². The van der Waals surface area contributed by atoms with Gasteiger partial charge in [-0.1, -0.05) is 36.4 Å². The highest BCUT2D eigenvalue weighted by atomic mass is 19.1. The zero-order valence-electron chi connectivity index (χ0n) is 15.6. The molecule has 2 aromatic carbocycles. The van der Waals surface area contributed by atoms with Gasteiger partial charge in [-0.3, -0.25) is 14.5 Å². The Morgan fingerprint density at radius 1 is 0.964 bits per heavy atom. The van der Waals surface area contributed by atoms with Gasteiger partial charge in [0.15, 0.2) is 0 Å². The summed E-state index contributed by atoms with van der Waals surface area (Å²) < 4.78 is 15.7. The van der Waals surface area contributed by atoms with Crippen LogP contribution in [0.2, 0.25) is 0 Å². The second-order valence-electron chi connectivity index (χ2n) is 6.81. The van der Waals surface area contributed by atoms with Crippen LogP contribution in [0.4, 0.5) is 4.39 Å².